The summed E-state index contributed by atoms with van der Waals surface area (Å²) in [4.78, 5) is 12.8. The van der Waals surface area contributed by atoms with E-state index < -0.39 is 0 Å². The minimum atomic E-state index is 0.0221. The van der Waals surface area contributed by atoms with E-state index in [0.717, 1.165) is 29.8 Å². The normalized spacial score (nSPS) is 15.0. The van der Waals surface area contributed by atoms with Crippen molar-refractivity contribution in [3.63, 3.8) is 0 Å². The van der Waals surface area contributed by atoms with Gasteiger partial charge in [-0.25, -0.2) is 4.68 Å². The van der Waals surface area contributed by atoms with E-state index in [1.165, 1.54) is 11.1 Å². The van der Waals surface area contributed by atoms with Gasteiger partial charge in [-0.2, -0.15) is 5.10 Å². The maximum atomic E-state index is 12.8. The molecule has 3 aromatic rings. The van der Waals surface area contributed by atoms with Gasteiger partial charge < -0.3 is 14.8 Å². The average Bonchev–Trinajstić information content (AvgIpc) is 3.32. The van der Waals surface area contributed by atoms with Crippen molar-refractivity contribution in [2.45, 2.75) is 38.6 Å². The van der Waals surface area contributed by atoms with Crippen molar-refractivity contribution >= 4 is 11.7 Å². The van der Waals surface area contributed by atoms with Crippen LogP contribution in [0.15, 0.2) is 48.7 Å². The van der Waals surface area contributed by atoms with Crippen LogP contribution in [0.2, 0.25) is 0 Å². The van der Waals surface area contributed by atoms with Gasteiger partial charge in [0.1, 0.15) is 5.82 Å². The van der Waals surface area contributed by atoms with Crippen molar-refractivity contribution in [3.8, 4) is 11.5 Å². The molecular weight excluding hydrogens is 378 g/mol. The number of rotatable bonds is 7. The Kier molecular flexibility index (Phi) is 5.74. The number of carbonyl (C=O) groups excluding carboxylic acids is 1. The molecule has 0 bridgehead atoms. The third kappa shape index (κ3) is 4.03. The fraction of sp³-hybridized carbons (Fsp3) is 0.333. The first kappa shape index (κ1) is 20.0. The highest BCUT2D eigenvalue weighted by atomic mass is 16.5. The maximum absolute atomic E-state index is 12.8. The van der Waals surface area contributed by atoms with Gasteiger partial charge in [0.2, 0.25) is 5.91 Å². The van der Waals surface area contributed by atoms with E-state index in [1.807, 2.05) is 29.8 Å². The Morgan fingerprint density at radius 3 is 2.77 bits per heavy atom. The number of fused-ring (bicyclic) bond motifs is 1. The van der Waals surface area contributed by atoms with Gasteiger partial charge in [0.05, 0.1) is 27.0 Å². The van der Waals surface area contributed by atoms with Crippen LogP contribution in [0.25, 0.3) is 0 Å². The quantitative estimate of drug-likeness (QED) is 0.636. The number of benzene rings is 2. The first-order chi connectivity index (χ1) is 14.6. The van der Waals surface area contributed by atoms with Gasteiger partial charge in [-0.05, 0) is 54.5 Å². The van der Waals surface area contributed by atoms with Gasteiger partial charge in [0.15, 0.2) is 11.5 Å². The van der Waals surface area contributed by atoms with E-state index in [4.69, 9.17) is 9.47 Å². The lowest BCUT2D eigenvalue weighted by Crippen LogP contribution is -2.18. The second-order valence-electron chi connectivity index (χ2n) is 7.71. The summed E-state index contributed by atoms with van der Waals surface area (Å²) in [6.45, 7) is 2.48. The highest BCUT2D eigenvalue weighted by Gasteiger charge is 2.25. The number of ether oxygens (including phenoxy) is 2. The maximum Gasteiger partial charge on any atom is 0.226 e. The number of aromatic nitrogens is 2. The smallest absolute Gasteiger partial charge is 0.226 e. The molecule has 4 rings (SSSR count). The fourth-order valence-corrected chi connectivity index (χ4v) is 4.18. The van der Waals surface area contributed by atoms with Gasteiger partial charge in [-0.15, -0.1) is 0 Å². The number of anilines is 1. The van der Waals surface area contributed by atoms with Gasteiger partial charge in [-0.3, -0.25) is 4.79 Å². The van der Waals surface area contributed by atoms with Crippen LogP contribution in [0.1, 0.15) is 41.0 Å². The van der Waals surface area contributed by atoms with Crippen LogP contribution in [0.3, 0.4) is 0 Å². The molecule has 1 heterocycles. The Bertz CT molecular complexity index is 1060. The molecule has 30 heavy (non-hydrogen) atoms. The third-order valence-corrected chi connectivity index (χ3v) is 5.75. The summed E-state index contributed by atoms with van der Waals surface area (Å²) in [6, 6.07) is 14.2. The zero-order valence-corrected chi connectivity index (χ0v) is 17.6. The molecule has 1 atom stereocenters. The van der Waals surface area contributed by atoms with Gasteiger partial charge in [0.25, 0.3) is 0 Å². The fourth-order valence-electron chi connectivity index (χ4n) is 4.18. The van der Waals surface area contributed by atoms with E-state index in [-0.39, 0.29) is 11.8 Å². The highest BCUT2D eigenvalue weighted by molar-refractivity contribution is 5.91. The Balaban J connectivity index is 1.47. The second kappa shape index (κ2) is 8.61. The number of nitrogens with zero attached hydrogens (tertiary/aromatic N) is 2. The van der Waals surface area contributed by atoms with Crippen LogP contribution in [0, 0.1) is 6.92 Å². The van der Waals surface area contributed by atoms with Crippen molar-refractivity contribution in [1.82, 2.24) is 9.78 Å². The van der Waals surface area contributed by atoms with Crippen LogP contribution in [-0.4, -0.2) is 29.9 Å². The van der Waals surface area contributed by atoms with Gasteiger partial charge >= 0.3 is 0 Å². The van der Waals surface area contributed by atoms with Crippen LogP contribution in [0.5, 0.6) is 11.5 Å². The van der Waals surface area contributed by atoms with Crippen molar-refractivity contribution in [2.75, 3.05) is 19.5 Å². The molecule has 1 aromatic heterocycles. The van der Waals surface area contributed by atoms with Gasteiger partial charge in [-0.1, -0.05) is 30.3 Å². The molecule has 2 aromatic carbocycles. The SMILES string of the molecule is COc1ccc(Cn2ncc(C)c2NC(=O)CC2CCc3ccccc32)cc1OC. The minimum Gasteiger partial charge on any atom is -0.493 e. The molecule has 156 valence electrons. The highest BCUT2D eigenvalue weighted by Crippen LogP contribution is 2.35. The predicted octanol–water partition coefficient (Wildman–Crippen LogP) is 4.32. The standard InChI is InChI=1S/C24H27N3O3/c1-16-14-25-27(15-17-8-11-21(29-2)22(12-17)30-3)24(16)26-23(28)13-19-10-9-18-6-4-5-7-20(18)19/h4-8,11-12,14,19H,9-10,13,15H2,1-3H3,(H,26,28). The monoisotopic (exact) mass is 405 g/mol. The Morgan fingerprint density at radius 2 is 1.97 bits per heavy atom. The topological polar surface area (TPSA) is 65.4 Å². The zero-order chi connectivity index (χ0) is 21.1. The minimum absolute atomic E-state index is 0.0221. The number of hydrogen-bond acceptors (Lipinski definition) is 4. The molecule has 0 fully saturated rings. The van der Waals surface area contributed by atoms with Crippen molar-refractivity contribution in [2.24, 2.45) is 0 Å². The second-order valence-corrected chi connectivity index (χ2v) is 7.71. The molecule has 1 aliphatic rings. The number of carbonyl (C=O) groups is 1. The number of aryl methyl sites for hydroxylation is 2. The molecule has 1 N–H and O–H groups in total. The first-order valence-electron chi connectivity index (χ1n) is 10.2. The van der Waals surface area contributed by atoms with E-state index in [9.17, 15) is 4.79 Å². The molecule has 1 amide bonds. The number of methoxy groups -OCH3 is 2. The zero-order valence-electron chi connectivity index (χ0n) is 17.6. The van der Waals surface area contributed by atoms with E-state index in [2.05, 4.69) is 34.7 Å². The lowest BCUT2D eigenvalue weighted by Gasteiger charge is -2.14. The third-order valence-electron chi connectivity index (χ3n) is 5.75. The molecule has 0 aliphatic heterocycles. The summed E-state index contributed by atoms with van der Waals surface area (Å²) in [5.41, 5.74) is 4.62. The summed E-state index contributed by atoms with van der Waals surface area (Å²) < 4.78 is 12.5. The molecular formula is C24H27N3O3. The lowest BCUT2D eigenvalue weighted by atomic mass is 9.97. The summed E-state index contributed by atoms with van der Waals surface area (Å²) in [7, 11) is 3.23. The lowest BCUT2D eigenvalue weighted by molar-refractivity contribution is -0.116. The van der Waals surface area contributed by atoms with Crippen molar-refractivity contribution in [1.29, 1.82) is 0 Å². The van der Waals surface area contributed by atoms with Crippen LogP contribution >= 0.6 is 0 Å². The van der Waals surface area contributed by atoms with Crippen LogP contribution in [-0.2, 0) is 17.8 Å². The van der Waals surface area contributed by atoms with Gasteiger partial charge in [0, 0.05) is 12.0 Å². The molecule has 0 radical (unpaired) electrons. The van der Waals surface area contributed by atoms with E-state index >= 15 is 0 Å². The van der Waals surface area contributed by atoms with E-state index in [1.54, 1.807) is 20.4 Å². The summed E-state index contributed by atoms with van der Waals surface area (Å²) in [6.07, 6.45) is 4.33. The number of nitrogens with one attached hydrogen (secondary N) is 1. The molecule has 0 saturated heterocycles. The summed E-state index contributed by atoms with van der Waals surface area (Å²) in [5.74, 6) is 2.39. The average molecular weight is 405 g/mol. The van der Waals surface area contributed by atoms with E-state index in [0.29, 0.717) is 24.5 Å². The summed E-state index contributed by atoms with van der Waals surface area (Å²) in [5, 5.41) is 7.55. The van der Waals surface area contributed by atoms with Crippen LogP contribution in [0.4, 0.5) is 5.82 Å². The molecule has 1 unspecified atom stereocenters. The first-order valence-corrected chi connectivity index (χ1v) is 10.2. The molecule has 0 saturated carbocycles. The predicted molar refractivity (Wildman–Crippen MR) is 116 cm³/mol. The number of hydrogen-bond donors (Lipinski definition) is 1. The summed E-state index contributed by atoms with van der Waals surface area (Å²) >= 11 is 0. The van der Waals surface area contributed by atoms with Crippen LogP contribution < -0.4 is 14.8 Å². The van der Waals surface area contributed by atoms with Crippen molar-refractivity contribution in [3.05, 3.63) is 70.9 Å². The molecule has 6 heteroatoms. The van der Waals surface area contributed by atoms with Crippen molar-refractivity contribution < 1.29 is 14.3 Å². The molecule has 0 spiro atoms. The molecule has 6 nitrogen and oxygen atoms in total. The largest absolute Gasteiger partial charge is 0.493 e. The Hall–Kier alpha value is -3.28. The number of amides is 1. The Morgan fingerprint density at radius 1 is 1.17 bits per heavy atom. The molecule has 1 aliphatic carbocycles. The Labute approximate surface area is 176 Å².